The molecule has 19 heavy (non-hydrogen) atoms. The van der Waals surface area contributed by atoms with Crippen molar-refractivity contribution in [2.24, 2.45) is 5.73 Å². The van der Waals surface area contributed by atoms with Crippen LogP contribution in [0.4, 0.5) is 14.5 Å². The Bertz CT molecular complexity index is 478. The Morgan fingerprint density at radius 1 is 1.21 bits per heavy atom. The lowest BCUT2D eigenvalue weighted by molar-refractivity contribution is -0.122. The first-order chi connectivity index (χ1) is 8.92. The Kier molecular flexibility index (Phi) is 4.20. The van der Waals surface area contributed by atoms with E-state index >= 15 is 0 Å². The van der Waals surface area contributed by atoms with Gasteiger partial charge in [0, 0.05) is 4.47 Å². The number of rotatable bonds is 2. The quantitative estimate of drug-likeness (QED) is 0.872. The molecule has 0 atom stereocenters. The number of anilines is 1. The van der Waals surface area contributed by atoms with Gasteiger partial charge in [-0.3, -0.25) is 4.79 Å². The van der Waals surface area contributed by atoms with E-state index in [0.29, 0.717) is 12.8 Å². The third-order valence-electron chi connectivity index (χ3n) is 3.44. The van der Waals surface area contributed by atoms with Crippen LogP contribution in [0.1, 0.15) is 32.1 Å². The smallest absolute Gasteiger partial charge is 0.244 e. The molecule has 1 fully saturated rings. The summed E-state index contributed by atoms with van der Waals surface area (Å²) in [7, 11) is 0. The number of hydrogen-bond donors (Lipinski definition) is 2. The standard InChI is InChI=1S/C13H15BrF2N2O/c14-8-6-9(15)11(10(16)7-8)18-12(19)13(17)4-2-1-3-5-13/h6-7H,1-5,17H2,(H,18,19). The molecular formula is C13H15BrF2N2O. The second-order valence-electron chi connectivity index (χ2n) is 4.92. The van der Waals surface area contributed by atoms with Gasteiger partial charge >= 0.3 is 0 Å². The molecule has 2 rings (SSSR count). The number of nitrogens with two attached hydrogens (primary N) is 1. The van der Waals surface area contributed by atoms with E-state index in [1.807, 2.05) is 0 Å². The zero-order chi connectivity index (χ0) is 14.0. The number of nitrogens with one attached hydrogen (secondary N) is 1. The van der Waals surface area contributed by atoms with Gasteiger partial charge in [-0.25, -0.2) is 8.78 Å². The Balaban J connectivity index is 2.19. The van der Waals surface area contributed by atoms with Crippen LogP contribution in [-0.2, 0) is 4.79 Å². The minimum atomic E-state index is -1.02. The fourth-order valence-corrected chi connectivity index (χ4v) is 2.71. The first kappa shape index (κ1) is 14.4. The number of carbonyl (C=O) groups excluding carboxylic acids is 1. The third-order valence-corrected chi connectivity index (χ3v) is 3.90. The second kappa shape index (κ2) is 5.54. The van der Waals surface area contributed by atoms with Crippen molar-refractivity contribution in [2.45, 2.75) is 37.6 Å². The van der Waals surface area contributed by atoms with Crippen molar-refractivity contribution in [1.82, 2.24) is 0 Å². The Labute approximate surface area is 118 Å². The van der Waals surface area contributed by atoms with Crippen LogP contribution in [0.2, 0.25) is 0 Å². The predicted molar refractivity (Wildman–Crippen MR) is 72.7 cm³/mol. The van der Waals surface area contributed by atoms with Crippen molar-refractivity contribution in [3.63, 3.8) is 0 Å². The zero-order valence-corrected chi connectivity index (χ0v) is 11.9. The molecule has 0 aliphatic heterocycles. The van der Waals surface area contributed by atoms with Crippen molar-refractivity contribution in [2.75, 3.05) is 5.32 Å². The normalized spacial score (nSPS) is 18.1. The largest absolute Gasteiger partial charge is 0.320 e. The topological polar surface area (TPSA) is 55.1 Å². The van der Waals surface area contributed by atoms with Crippen LogP contribution in [-0.4, -0.2) is 11.4 Å². The number of benzene rings is 1. The fraction of sp³-hybridized carbons (Fsp3) is 0.462. The second-order valence-corrected chi connectivity index (χ2v) is 5.83. The van der Waals surface area contributed by atoms with Gasteiger partial charge in [-0.15, -0.1) is 0 Å². The number of amides is 1. The van der Waals surface area contributed by atoms with Gasteiger partial charge in [0.25, 0.3) is 0 Å². The Morgan fingerprint density at radius 2 is 1.74 bits per heavy atom. The van der Waals surface area contributed by atoms with Crippen LogP contribution in [0, 0.1) is 11.6 Å². The molecule has 3 nitrogen and oxygen atoms in total. The molecule has 0 aromatic heterocycles. The molecule has 1 aromatic rings. The van der Waals surface area contributed by atoms with E-state index in [1.165, 1.54) is 0 Å². The molecule has 1 aromatic carbocycles. The van der Waals surface area contributed by atoms with E-state index in [2.05, 4.69) is 21.2 Å². The summed E-state index contributed by atoms with van der Waals surface area (Å²) in [5, 5.41) is 2.28. The summed E-state index contributed by atoms with van der Waals surface area (Å²) in [5.41, 5.74) is 4.55. The van der Waals surface area contributed by atoms with Crippen molar-refractivity contribution < 1.29 is 13.6 Å². The summed E-state index contributed by atoms with van der Waals surface area (Å²) in [6.07, 6.45) is 3.83. The minimum absolute atomic E-state index is 0.278. The van der Waals surface area contributed by atoms with E-state index in [0.717, 1.165) is 31.4 Å². The highest BCUT2D eigenvalue weighted by molar-refractivity contribution is 9.10. The van der Waals surface area contributed by atoms with Crippen LogP contribution >= 0.6 is 15.9 Å². The maximum Gasteiger partial charge on any atom is 0.244 e. The van der Waals surface area contributed by atoms with Crippen molar-refractivity contribution >= 4 is 27.5 Å². The average Bonchev–Trinajstić information content (AvgIpc) is 2.34. The molecule has 0 saturated heterocycles. The summed E-state index contributed by atoms with van der Waals surface area (Å²) in [6, 6.07) is 2.20. The van der Waals surface area contributed by atoms with Gasteiger partial charge in [-0.05, 0) is 25.0 Å². The third kappa shape index (κ3) is 3.12. The average molecular weight is 333 g/mol. The first-order valence-corrected chi connectivity index (χ1v) is 6.96. The van der Waals surface area contributed by atoms with Crippen molar-refractivity contribution in [3.8, 4) is 0 Å². The molecule has 1 amide bonds. The summed E-state index contributed by atoms with van der Waals surface area (Å²) in [4.78, 5) is 12.1. The van der Waals surface area contributed by atoms with E-state index in [-0.39, 0.29) is 4.47 Å². The molecular weight excluding hydrogens is 318 g/mol. The first-order valence-electron chi connectivity index (χ1n) is 6.17. The summed E-state index contributed by atoms with van der Waals surface area (Å²) < 4.78 is 27.6. The van der Waals surface area contributed by atoms with Crippen LogP contribution < -0.4 is 11.1 Å². The molecule has 1 aliphatic rings. The van der Waals surface area contributed by atoms with Gasteiger partial charge < -0.3 is 11.1 Å². The number of carbonyl (C=O) groups is 1. The molecule has 1 saturated carbocycles. The van der Waals surface area contributed by atoms with Gasteiger partial charge in [0.05, 0.1) is 5.54 Å². The summed E-state index contributed by atoms with van der Waals surface area (Å²) >= 11 is 2.98. The highest BCUT2D eigenvalue weighted by atomic mass is 79.9. The van der Waals surface area contributed by atoms with Crippen LogP contribution in [0.3, 0.4) is 0 Å². The molecule has 0 radical (unpaired) electrons. The predicted octanol–water partition coefficient (Wildman–Crippen LogP) is 3.33. The SMILES string of the molecule is NC1(C(=O)Nc2c(F)cc(Br)cc2F)CCCCC1. The van der Waals surface area contributed by atoms with Gasteiger partial charge in [-0.1, -0.05) is 35.2 Å². The number of hydrogen-bond acceptors (Lipinski definition) is 2. The lowest BCUT2D eigenvalue weighted by atomic mass is 9.82. The monoisotopic (exact) mass is 332 g/mol. The summed E-state index contributed by atoms with van der Waals surface area (Å²) in [6.45, 7) is 0. The van der Waals surface area contributed by atoms with Crippen LogP contribution in [0.15, 0.2) is 16.6 Å². The highest BCUT2D eigenvalue weighted by Crippen LogP contribution is 2.29. The Morgan fingerprint density at radius 3 is 2.26 bits per heavy atom. The molecule has 0 heterocycles. The van der Waals surface area contributed by atoms with E-state index < -0.39 is 28.8 Å². The van der Waals surface area contributed by atoms with Gasteiger partial charge in [0.1, 0.15) is 5.69 Å². The van der Waals surface area contributed by atoms with Gasteiger partial charge in [-0.2, -0.15) is 0 Å². The molecule has 6 heteroatoms. The molecule has 0 spiro atoms. The zero-order valence-electron chi connectivity index (χ0n) is 10.3. The molecule has 0 unspecified atom stereocenters. The fourth-order valence-electron chi connectivity index (χ4n) is 2.31. The highest BCUT2D eigenvalue weighted by Gasteiger charge is 2.36. The number of halogens is 3. The minimum Gasteiger partial charge on any atom is -0.320 e. The summed E-state index contributed by atoms with van der Waals surface area (Å²) in [5.74, 6) is -2.16. The van der Waals surface area contributed by atoms with Crippen molar-refractivity contribution in [1.29, 1.82) is 0 Å². The van der Waals surface area contributed by atoms with E-state index in [9.17, 15) is 13.6 Å². The molecule has 1 aliphatic carbocycles. The lowest BCUT2D eigenvalue weighted by Gasteiger charge is -2.31. The lowest BCUT2D eigenvalue weighted by Crippen LogP contribution is -2.52. The van der Waals surface area contributed by atoms with E-state index in [1.54, 1.807) is 0 Å². The van der Waals surface area contributed by atoms with Crippen LogP contribution in [0.25, 0.3) is 0 Å². The van der Waals surface area contributed by atoms with Gasteiger partial charge in [0.2, 0.25) is 5.91 Å². The molecule has 104 valence electrons. The molecule has 3 N–H and O–H groups in total. The molecule has 0 bridgehead atoms. The maximum absolute atomic E-state index is 13.6. The van der Waals surface area contributed by atoms with Crippen molar-refractivity contribution in [3.05, 3.63) is 28.2 Å². The van der Waals surface area contributed by atoms with E-state index in [4.69, 9.17) is 5.73 Å². The van der Waals surface area contributed by atoms with Crippen LogP contribution in [0.5, 0.6) is 0 Å². The Hall–Kier alpha value is -1.01. The van der Waals surface area contributed by atoms with Gasteiger partial charge in [0.15, 0.2) is 11.6 Å². The maximum atomic E-state index is 13.6.